The van der Waals surface area contributed by atoms with Crippen LogP contribution in [-0.4, -0.2) is 9.97 Å². The molecule has 0 fully saturated rings. The van der Waals surface area contributed by atoms with Gasteiger partial charge in [-0.15, -0.1) is 0 Å². The molecule has 0 aromatic carbocycles. The van der Waals surface area contributed by atoms with Gasteiger partial charge in [-0.25, -0.2) is 9.97 Å². The molecule has 2 heterocycles. The topological polar surface area (TPSA) is 64.9 Å². The second-order valence-corrected chi connectivity index (χ2v) is 2.71. The lowest BCUT2D eigenvalue weighted by molar-refractivity contribution is 0.534. The maximum atomic E-state index is 5.53. The lowest BCUT2D eigenvalue weighted by Gasteiger charge is -1.95. The zero-order valence-electron chi connectivity index (χ0n) is 7.19. The summed E-state index contributed by atoms with van der Waals surface area (Å²) in [6.45, 7) is 1.80. The van der Waals surface area contributed by atoms with Crippen LogP contribution in [0.1, 0.15) is 5.89 Å². The number of pyridine rings is 1. The van der Waals surface area contributed by atoms with Crippen molar-refractivity contribution in [3.8, 4) is 11.3 Å². The predicted octanol–water partition coefficient (Wildman–Crippen LogP) is 1.63. The molecular formula is C9H9N3O. The average Bonchev–Trinajstić information content (AvgIpc) is 2.52. The lowest BCUT2D eigenvalue weighted by atomic mass is 10.2. The minimum atomic E-state index is 0.478. The smallest absolute Gasteiger partial charge is 0.191 e. The summed E-state index contributed by atoms with van der Waals surface area (Å²) in [5, 5.41) is 0. The Balaban J connectivity index is 2.46. The monoisotopic (exact) mass is 175 g/mol. The van der Waals surface area contributed by atoms with Gasteiger partial charge in [-0.2, -0.15) is 0 Å². The fourth-order valence-electron chi connectivity index (χ4n) is 1.10. The van der Waals surface area contributed by atoms with E-state index in [1.165, 1.54) is 0 Å². The molecule has 0 bridgehead atoms. The Kier molecular flexibility index (Phi) is 1.73. The van der Waals surface area contributed by atoms with E-state index in [0.29, 0.717) is 17.5 Å². The molecule has 0 aliphatic rings. The molecule has 0 aliphatic carbocycles. The Morgan fingerprint density at radius 1 is 1.38 bits per heavy atom. The van der Waals surface area contributed by atoms with E-state index in [9.17, 15) is 0 Å². The average molecular weight is 175 g/mol. The Labute approximate surface area is 75.4 Å². The van der Waals surface area contributed by atoms with Crippen molar-refractivity contribution in [2.45, 2.75) is 6.92 Å². The van der Waals surface area contributed by atoms with E-state index in [-0.39, 0.29) is 0 Å². The van der Waals surface area contributed by atoms with Crippen LogP contribution >= 0.6 is 0 Å². The molecule has 0 atom stereocenters. The molecular weight excluding hydrogens is 166 g/mol. The third-order valence-electron chi connectivity index (χ3n) is 1.69. The van der Waals surface area contributed by atoms with Crippen molar-refractivity contribution in [2.24, 2.45) is 0 Å². The van der Waals surface area contributed by atoms with E-state index in [0.717, 1.165) is 5.56 Å². The maximum Gasteiger partial charge on any atom is 0.191 e. The summed E-state index contributed by atoms with van der Waals surface area (Å²) in [5.74, 6) is 1.84. The Bertz CT molecular complexity index is 422. The second kappa shape index (κ2) is 2.90. The number of rotatable bonds is 1. The van der Waals surface area contributed by atoms with Gasteiger partial charge in [0.2, 0.25) is 0 Å². The molecule has 0 aliphatic heterocycles. The summed E-state index contributed by atoms with van der Waals surface area (Å²) >= 11 is 0. The highest BCUT2D eigenvalue weighted by Gasteiger charge is 2.03. The molecule has 2 rings (SSSR count). The van der Waals surface area contributed by atoms with Crippen molar-refractivity contribution < 1.29 is 4.42 Å². The molecule has 66 valence electrons. The van der Waals surface area contributed by atoms with Gasteiger partial charge in [0.25, 0.3) is 0 Å². The van der Waals surface area contributed by atoms with Crippen LogP contribution in [-0.2, 0) is 0 Å². The minimum Gasteiger partial charge on any atom is -0.441 e. The van der Waals surface area contributed by atoms with Crippen LogP contribution in [0.5, 0.6) is 0 Å². The maximum absolute atomic E-state index is 5.53. The zero-order chi connectivity index (χ0) is 9.26. The van der Waals surface area contributed by atoms with E-state index in [4.69, 9.17) is 10.2 Å². The number of nitrogens with two attached hydrogens (primary N) is 1. The molecule has 0 radical (unpaired) electrons. The van der Waals surface area contributed by atoms with Crippen LogP contribution in [0, 0.1) is 6.92 Å². The van der Waals surface area contributed by atoms with Gasteiger partial charge in [-0.1, -0.05) is 0 Å². The molecule has 13 heavy (non-hydrogen) atoms. The highest BCUT2D eigenvalue weighted by molar-refractivity contribution is 5.59. The molecule has 2 aromatic rings. The third kappa shape index (κ3) is 1.51. The summed E-state index contributed by atoms with van der Waals surface area (Å²) in [6.07, 6.45) is 3.31. The van der Waals surface area contributed by atoms with Crippen molar-refractivity contribution in [1.82, 2.24) is 9.97 Å². The largest absolute Gasteiger partial charge is 0.441 e. The SMILES string of the molecule is Cc1ncc(-c2ccnc(N)c2)o1. The summed E-state index contributed by atoms with van der Waals surface area (Å²) in [5.41, 5.74) is 6.43. The quantitative estimate of drug-likeness (QED) is 0.715. The summed E-state index contributed by atoms with van der Waals surface area (Å²) in [4.78, 5) is 7.88. The number of hydrogen-bond donors (Lipinski definition) is 1. The molecule has 4 nitrogen and oxygen atoms in total. The van der Waals surface area contributed by atoms with Crippen molar-refractivity contribution >= 4 is 5.82 Å². The van der Waals surface area contributed by atoms with Crippen molar-refractivity contribution in [2.75, 3.05) is 5.73 Å². The highest BCUT2D eigenvalue weighted by Crippen LogP contribution is 2.20. The number of aromatic nitrogens is 2. The summed E-state index contributed by atoms with van der Waals surface area (Å²) in [7, 11) is 0. The molecule has 0 saturated carbocycles. The molecule has 0 saturated heterocycles. The van der Waals surface area contributed by atoms with E-state index in [1.54, 1.807) is 25.4 Å². The van der Waals surface area contributed by atoms with Crippen LogP contribution in [0.2, 0.25) is 0 Å². The second-order valence-electron chi connectivity index (χ2n) is 2.71. The number of oxazole rings is 1. The first-order chi connectivity index (χ1) is 6.25. The number of hydrogen-bond acceptors (Lipinski definition) is 4. The van der Waals surface area contributed by atoms with E-state index >= 15 is 0 Å². The molecule has 2 aromatic heterocycles. The van der Waals surface area contributed by atoms with Crippen molar-refractivity contribution in [3.63, 3.8) is 0 Å². The van der Waals surface area contributed by atoms with Gasteiger partial charge in [0.05, 0.1) is 6.20 Å². The first-order valence-electron chi connectivity index (χ1n) is 3.90. The Morgan fingerprint density at radius 3 is 2.85 bits per heavy atom. The van der Waals surface area contributed by atoms with Crippen LogP contribution < -0.4 is 5.73 Å². The summed E-state index contributed by atoms with van der Waals surface area (Å²) < 4.78 is 5.33. The standard InChI is InChI=1S/C9H9N3O/c1-6-12-5-8(13-6)7-2-3-11-9(10)4-7/h2-5H,1H3,(H2,10,11). The van der Waals surface area contributed by atoms with Gasteiger partial charge in [0.15, 0.2) is 11.7 Å². The zero-order valence-corrected chi connectivity index (χ0v) is 7.19. The van der Waals surface area contributed by atoms with Crippen molar-refractivity contribution in [3.05, 3.63) is 30.4 Å². The molecule has 0 amide bonds. The Hall–Kier alpha value is -1.84. The van der Waals surface area contributed by atoms with E-state index < -0.39 is 0 Å². The highest BCUT2D eigenvalue weighted by atomic mass is 16.4. The molecule has 0 spiro atoms. The minimum absolute atomic E-state index is 0.478. The van der Waals surface area contributed by atoms with Crippen LogP contribution in [0.15, 0.2) is 28.9 Å². The lowest BCUT2D eigenvalue weighted by Crippen LogP contribution is -1.88. The first kappa shape index (κ1) is 7.79. The fourth-order valence-corrected chi connectivity index (χ4v) is 1.10. The molecule has 4 heteroatoms. The third-order valence-corrected chi connectivity index (χ3v) is 1.69. The van der Waals surface area contributed by atoms with Gasteiger partial charge < -0.3 is 10.2 Å². The van der Waals surface area contributed by atoms with Crippen LogP contribution in [0.4, 0.5) is 5.82 Å². The van der Waals surface area contributed by atoms with Gasteiger partial charge in [-0.3, -0.25) is 0 Å². The number of nitrogen functional groups attached to an aromatic ring is 1. The summed E-state index contributed by atoms with van der Waals surface area (Å²) in [6, 6.07) is 3.58. The van der Waals surface area contributed by atoms with E-state index in [1.807, 2.05) is 6.07 Å². The Morgan fingerprint density at radius 2 is 2.23 bits per heavy atom. The van der Waals surface area contributed by atoms with Gasteiger partial charge >= 0.3 is 0 Å². The fraction of sp³-hybridized carbons (Fsp3) is 0.111. The van der Waals surface area contributed by atoms with E-state index in [2.05, 4.69) is 9.97 Å². The number of aryl methyl sites for hydroxylation is 1. The molecule has 2 N–H and O–H groups in total. The van der Waals surface area contributed by atoms with Crippen LogP contribution in [0.3, 0.4) is 0 Å². The van der Waals surface area contributed by atoms with Crippen molar-refractivity contribution in [1.29, 1.82) is 0 Å². The van der Waals surface area contributed by atoms with Gasteiger partial charge in [0, 0.05) is 18.7 Å². The first-order valence-corrected chi connectivity index (χ1v) is 3.90. The van der Waals surface area contributed by atoms with Gasteiger partial charge in [-0.05, 0) is 12.1 Å². The number of anilines is 1. The van der Waals surface area contributed by atoms with Gasteiger partial charge in [0.1, 0.15) is 5.82 Å². The predicted molar refractivity (Wildman–Crippen MR) is 48.9 cm³/mol. The molecule has 0 unspecified atom stereocenters. The van der Waals surface area contributed by atoms with Crippen LogP contribution in [0.25, 0.3) is 11.3 Å². The normalized spacial score (nSPS) is 10.2. The number of nitrogens with zero attached hydrogens (tertiary/aromatic N) is 2.